The van der Waals surface area contributed by atoms with Crippen molar-refractivity contribution in [2.45, 2.75) is 44.6 Å². The van der Waals surface area contributed by atoms with Gasteiger partial charge in [0.2, 0.25) is 5.91 Å². The fraction of sp³-hybridized carbons (Fsp3) is 0.895. The third-order valence-corrected chi connectivity index (χ3v) is 5.74. The topological polar surface area (TPSA) is 66.4 Å². The van der Waals surface area contributed by atoms with Crippen LogP contribution in [-0.2, 0) is 14.3 Å². The van der Waals surface area contributed by atoms with Crippen LogP contribution < -0.4 is 5.32 Å². The number of aliphatic imine (C=N–C) groups is 1. The van der Waals surface area contributed by atoms with Crippen molar-refractivity contribution in [3.05, 3.63) is 0 Å². The molecule has 27 heavy (non-hydrogen) atoms. The van der Waals surface area contributed by atoms with Crippen molar-refractivity contribution in [2.24, 2.45) is 10.4 Å². The van der Waals surface area contributed by atoms with Crippen molar-refractivity contribution < 1.29 is 14.3 Å². The zero-order chi connectivity index (χ0) is 18.4. The van der Waals surface area contributed by atoms with Gasteiger partial charge in [-0.2, -0.15) is 0 Å². The summed E-state index contributed by atoms with van der Waals surface area (Å²) in [5, 5.41) is 3.49. The summed E-state index contributed by atoms with van der Waals surface area (Å²) in [7, 11) is 3.54. The van der Waals surface area contributed by atoms with Crippen LogP contribution in [0.4, 0.5) is 0 Å². The molecule has 8 heteroatoms. The van der Waals surface area contributed by atoms with Crippen LogP contribution in [0.15, 0.2) is 4.99 Å². The monoisotopic (exact) mass is 494 g/mol. The van der Waals surface area contributed by atoms with Gasteiger partial charge in [-0.3, -0.25) is 4.79 Å². The third-order valence-electron chi connectivity index (χ3n) is 5.74. The molecule has 3 aliphatic heterocycles. The van der Waals surface area contributed by atoms with E-state index in [0.717, 1.165) is 71.1 Å². The molecular formula is C19H35IN4O3. The number of halogens is 1. The molecule has 0 aromatic carbocycles. The Labute approximate surface area is 180 Å². The summed E-state index contributed by atoms with van der Waals surface area (Å²) >= 11 is 0. The van der Waals surface area contributed by atoms with Gasteiger partial charge in [-0.25, -0.2) is 4.99 Å². The predicted octanol–water partition coefficient (Wildman–Crippen LogP) is 1.71. The smallest absolute Gasteiger partial charge is 0.243 e. The number of likely N-dealkylation sites (tertiary alicyclic amines) is 1. The van der Waals surface area contributed by atoms with Crippen LogP contribution in [0.25, 0.3) is 0 Å². The highest BCUT2D eigenvalue weighted by Gasteiger charge is 2.38. The second-order valence-electron chi connectivity index (χ2n) is 8.13. The molecule has 2 unspecified atom stereocenters. The van der Waals surface area contributed by atoms with E-state index >= 15 is 0 Å². The van der Waals surface area contributed by atoms with Gasteiger partial charge in [-0.05, 0) is 38.5 Å². The van der Waals surface area contributed by atoms with Crippen LogP contribution in [0.3, 0.4) is 0 Å². The summed E-state index contributed by atoms with van der Waals surface area (Å²) in [4.78, 5) is 20.6. The maximum atomic E-state index is 12.0. The Morgan fingerprint density at radius 3 is 2.74 bits per heavy atom. The fourth-order valence-corrected chi connectivity index (χ4v) is 4.18. The molecule has 3 aliphatic rings. The van der Waals surface area contributed by atoms with Gasteiger partial charge in [0.15, 0.2) is 5.96 Å². The van der Waals surface area contributed by atoms with E-state index in [1.807, 2.05) is 0 Å². The van der Waals surface area contributed by atoms with Gasteiger partial charge in [0, 0.05) is 52.4 Å². The maximum Gasteiger partial charge on any atom is 0.243 e. The Kier molecular flexibility index (Phi) is 9.07. The van der Waals surface area contributed by atoms with Gasteiger partial charge in [0.05, 0.1) is 12.7 Å². The van der Waals surface area contributed by atoms with Crippen molar-refractivity contribution in [2.75, 3.05) is 60.1 Å². The first-order chi connectivity index (χ1) is 12.6. The van der Waals surface area contributed by atoms with Gasteiger partial charge < -0.3 is 24.6 Å². The molecule has 1 amide bonds. The van der Waals surface area contributed by atoms with E-state index in [0.29, 0.717) is 0 Å². The molecule has 156 valence electrons. The van der Waals surface area contributed by atoms with Crippen molar-refractivity contribution in [3.63, 3.8) is 0 Å². The minimum Gasteiger partial charge on any atom is -0.381 e. The van der Waals surface area contributed by atoms with Gasteiger partial charge >= 0.3 is 0 Å². The van der Waals surface area contributed by atoms with Gasteiger partial charge in [-0.15, -0.1) is 24.0 Å². The van der Waals surface area contributed by atoms with E-state index in [-0.39, 0.29) is 47.9 Å². The SMILES string of the molecule is CN(C)C(=O)CN=C(NCC1CCCO1)N1CCCC2(CCCOC2)C1.I. The third kappa shape index (κ3) is 6.45. The highest BCUT2D eigenvalue weighted by Crippen LogP contribution is 2.37. The summed E-state index contributed by atoms with van der Waals surface area (Å²) in [5.41, 5.74) is 0.244. The van der Waals surface area contributed by atoms with Crippen molar-refractivity contribution in [3.8, 4) is 0 Å². The molecule has 3 saturated heterocycles. The fourth-order valence-electron chi connectivity index (χ4n) is 4.18. The summed E-state index contributed by atoms with van der Waals surface area (Å²) in [5.74, 6) is 0.870. The zero-order valence-electron chi connectivity index (χ0n) is 16.7. The number of carbonyl (C=O) groups excluding carboxylic acids is 1. The van der Waals surface area contributed by atoms with E-state index in [2.05, 4.69) is 15.2 Å². The highest BCUT2D eigenvalue weighted by atomic mass is 127. The lowest BCUT2D eigenvalue weighted by atomic mass is 9.76. The minimum atomic E-state index is 0. The number of guanidine groups is 1. The molecule has 1 spiro atoms. The number of carbonyl (C=O) groups is 1. The largest absolute Gasteiger partial charge is 0.381 e. The number of ether oxygens (including phenoxy) is 2. The lowest BCUT2D eigenvalue weighted by molar-refractivity contribution is -0.127. The van der Waals surface area contributed by atoms with Crippen LogP contribution in [0.5, 0.6) is 0 Å². The zero-order valence-corrected chi connectivity index (χ0v) is 19.1. The first-order valence-electron chi connectivity index (χ1n) is 10.0. The average Bonchev–Trinajstić information content (AvgIpc) is 3.15. The summed E-state index contributed by atoms with van der Waals surface area (Å²) < 4.78 is 11.5. The molecule has 0 aromatic heterocycles. The Hall–Kier alpha value is -0.610. The van der Waals surface area contributed by atoms with E-state index in [4.69, 9.17) is 9.47 Å². The van der Waals surface area contributed by atoms with E-state index in [1.54, 1.807) is 19.0 Å². The maximum absolute atomic E-state index is 12.0. The summed E-state index contributed by atoms with van der Waals surface area (Å²) in [6.07, 6.45) is 7.20. The molecule has 0 aliphatic carbocycles. The van der Waals surface area contributed by atoms with Crippen molar-refractivity contribution >= 4 is 35.8 Å². The van der Waals surface area contributed by atoms with Crippen LogP contribution in [-0.4, -0.2) is 87.9 Å². The summed E-state index contributed by atoms with van der Waals surface area (Å²) in [6.45, 7) is 5.46. The first kappa shape index (κ1) is 22.7. The molecule has 0 radical (unpaired) electrons. The lowest BCUT2D eigenvalue weighted by Gasteiger charge is -2.45. The molecule has 3 heterocycles. The van der Waals surface area contributed by atoms with Crippen LogP contribution in [0.1, 0.15) is 38.5 Å². The molecule has 1 N–H and O–H groups in total. The standard InChI is InChI=1S/C19H34N4O3.HI/c1-22(2)17(24)13-21-18(20-12-16-6-3-11-26-16)23-9-4-7-19(14-23)8-5-10-25-15-19;/h16H,3-15H2,1-2H3,(H,20,21);1H. The van der Waals surface area contributed by atoms with E-state index in [1.165, 1.54) is 12.8 Å². The predicted molar refractivity (Wildman–Crippen MR) is 117 cm³/mol. The number of hydrogen-bond donors (Lipinski definition) is 1. The second-order valence-corrected chi connectivity index (χ2v) is 8.13. The van der Waals surface area contributed by atoms with Gasteiger partial charge in [0.25, 0.3) is 0 Å². The Morgan fingerprint density at radius 1 is 1.26 bits per heavy atom. The van der Waals surface area contributed by atoms with Crippen molar-refractivity contribution in [1.82, 2.24) is 15.1 Å². The molecule has 0 bridgehead atoms. The summed E-state index contributed by atoms with van der Waals surface area (Å²) in [6, 6.07) is 0. The Morgan fingerprint density at radius 2 is 2.07 bits per heavy atom. The number of nitrogens with one attached hydrogen (secondary N) is 1. The van der Waals surface area contributed by atoms with Crippen molar-refractivity contribution in [1.29, 1.82) is 0 Å². The lowest BCUT2D eigenvalue weighted by Crippen LogP contribution is -2.54. The second kappa shape index (κ2) is 10.8. The molecule has 3 rings (SSSR count). The number of hydrogen-bond acceptors (Lipinski definition) is 4. The van der Waals surface area contributed by atoms with Gasteiger partial charge in [-0.1, -0.05) is 0 Å². The number of likely N-dealkylation sites (N-methyl/N-ethyl adjacent to an activating group) is 1. The van der Waals surface area contributed by atoms with Crippen LogP contribution in [0.2, 0.25) is 0 Å². The van der Waals surface area contributed by atoms with Gasteiger partial charge in [0.1, 0.15) is 6.54 Å². The number of amides is 1. The van der Waals surface area contributed by atoms with Crippen LogP contribution in [0, 0.1) is 5.41 Å². The number of piperidine rings is 1. The molecule has 0 aromatic rings. The number of rotatable bonds is 4. The van der Waals surface area contributed by atoms with E-state index < -0.39 is 0 Å². The Bertz CT molecular complexity index is 498. The highest BCUT2D eigenvalue weighted by molar-refractivity contribution is 14.0. The molecule has 7 nitrogen and oxygen atoms in total. The first-order valence-corrected chi connectivity index (χ1v) is 10.0. The Balaban J connectivity index is 0.00000261. The molecular weight excluding hydrogens is 459 g/mol. The van der Waals surface area contributed by atoms with E-state index in [9.17, 15) is 4.79 Å². The molecule has 2 atom stereocenters. The average molecular weight is 494 g/mol. The quantitative estimate of drug-likeness (QED) is 0.366. The molecule has 3 fully saturated rings. The van der Waals surface area contributed by atoms with Crippen LogP contribution >= 0.6 is 24.0 Å². The molecule has 0 saturated carbocycles. The minimum absolute atomic E-state index is 0. The number of nitrogens with zero attached hydrogens (tertiary/aromatic N) is 3. The normalized spacial score (nSPS) is 28.7.